The molecule has 0 nitrogen and oxygen atoms in total. The van der Waals surface area contributed by atoms with Crippen LogP contribution in [0.4, 0.5) is 0 Å². The van der Waals surface area contributed by atoms with E-state index in [-0.39, 0.29) is 0 Å². The van der Waals surface area contributed by atoms with Gasteiger partial charge in [0.05, 0.1) is 0 Å². The zero-order valence-corrected chi connectivity index (χ0v) is 35.6. The first kappa shape index (κ1) is 46.3. The number of benzene rings is 1. The maximum atomic E-state index is 2.59. The first-order chi connectivity index (χ1) is 23.8. The molecule has 0 aliphatic carbocycles. The Balaban J connectivity index is 2.59. The molecule has 0 saturated carbocycles. The van der Waals surface area contributed by atoms with Crippen molar-refractivity contribution >= 4 is 35.3 Å². The molecular formula is C45H84S3. The maximum absolute atomic E-state index is 2.59. The summed E-state index contributed by atoms with van der Waals surface area (Å²) in [5.41, 5.74) is 1.58. The zero-order chi connectivity index (χ0) is 34.6. The van der Waals surface area contributed by atoms with Gasteiger partial charge in [-0.25, -0.2) is 0 Å². The SMILES string of the molecule is CCCCCCCCCCCCSc1cc(CCC)cc(SCCCCCCCCCCCC)c1SCCCCCCCCCCCC. The van der Waals surface area contributed by atoms with E-state index in [1.54, 1.807) is 20.2 Å². The van der Waals surface area contributed by atoms with Gasteiger partial charge in [0.1, 0.15) is 0 Å². The summed E-state index contributed by atoms with van der Waals surface area (Å²) in [4.78, 5) is 4.86. The maximum Gasteiger partial charge on any atom is 0.0344 e. The Morgan fingerprint density at radius 2 is 0.583 bits per heavy atom. The van der Waals surface area contributed by atoms with E-state index in [1.165, 1.54) is 223 Å². The number of hydrogen-bond acceptors (Lipinski definition) is 3. The van der Waals surface area contributed by atoms with Gasteiger partial charge in [0.15, 0.2) is 0 Å². The van der Waals surface area contributed by atoms with Crippen LogP contribution >= 0.6 is 35.3 Å². The molecule has 0 amide bonds. The Labute approximate surface area is 316 Å². The van der Waals surface area contributed by atoms with Crippen LogP contribution in [0.3, 0.4) is 0 Å². The lowest BCUT2D eigenvalue weighted by atomic mass is 10.1. The molecule has 0 spiro atoms. The second-order valence-electron chi connectivity index (χ2n) is 14.8. The highest BCUT2D eigenvalue weighted by Gasteiger charge is 2.13. The van der Waals surface area contributed by atoms with E-state index in [2.05, 4.69) is 75.1 Å². The Hall–Kier alpha value is 0.270. The summed E-state index contributed by atoms with van der Waals surface area (Å²) in [5, 5.41) is 0. The largest absolute Gasteiger partial charge is 0.125 e. The molecule has 0 unspecified atom stereocenters. The van der Waals surface area contributed by atoms with Crippen molar-refractivity contribution in [1.29, 1.82) is 0 Å². The molecule has 0 bridgehead atoms. The molecule has 0 aliphatic rings. The molecule has 0 aromatic heterocycles. The van der Waals surface area contributed by atoms with Crippen molar-refractivity contribution in [3.8, 4) is 0 Å². The number of unbranched alkanes of at least 4 members (excludes halogenated alkanes) is 27. The lowest BCUT2D eigenvalue weighted by molar-refractivity contribution is 0.563. The van der Waals surface area contributed by atoms with Crippen LogP contribution in [-0.4, -0.2) is 17.3 Å². The fourth-order valence-electron chi connectivity index (χ4n) is 6.73. The van der Waals surface area contributed by atoms with Crippen LogP contribution in [0.25, 0.3) is 0 Å². The summed E-state index contributed by atoms with van der Waals surface area (Å²) in [6.07, 6.45) is 45.3. The van der Waals surface area contributed by atoms with Crippen molar-refractivity contribution in [2.24, 2.45) is 0 Å². The third-order valence-electron chi connectivity index (χ3n) is 9.87. The van der Waals surface area contributed by atoms with Gasteiger partial charge < -0.3 is 0 Å². The Morgan fingerprint density at radius 3 is 0.875 bits per heavy atom. The Bertz CT molecular complexity index is 743. The van der Waals surface area contributed by atoms with Gasteiger partial charge in [-0.2, -0.15) is 0 Å². The number of hydrogen-bond donors (Lipinski definition) is 0. The topological polar surface area (TPSA) is 0 Å². The van der Waals surface area contributed by atoms with Crippen LogP contribution in [0.15, 0.2) is 26.8 Å². The van der Waals surface area contributed by atoms with Gasteiger partial charge in [0.25, 0.3) is 0 Å². The molecule has 0 heterocycles. The average Bonchev–Trinajstić information content (AvgIpc) is 3.09. The van der Waals surface area contributed by atoms with E-state index >= 15 is 0 Å². The van der Waals surface area contributed by atoms with Crippen molar-refractivity contribution in [3.05, 3.63) is 17.7 Å². The molecular weight excluding hydrogens is 637 g/mol. The van der Waals surface area contributed by atoms with E-state index in [0.717, 1.165) is 0 Å². The van der Waals surface area contributed by atoms with Crippen molar-refractivity contribution in [2.75, 3.05) is 17.3 Å². The number of thioether (sulfide) groups is 3. The highest BCUT2D eigenvalue weighted by atomic mass is 32.2. The zero-order valence-electron chi connectivity index (χ0n) is 33.1. The molecule has 0 N–H and O–H groups in total. The summed E-state index contributed by atoms with van der Waals surface area (Å²) in [7, 11) is 0. The molecule has 48 heavy (non-hydrogen) atoms. The Kier molecular flexibility index (Phi) is 35.7. The summed E-state index contributed by atoms with van der Waals surface area (Å²) in [6.45, 7) is 9.30. The van der Waals surface area contributed by atoms with E-state index in [4.69, 9.17) is 0 Å². The van der Waals surface area contributed by atoms with Crippen molar-refractivity contribution in [1.82, 2.24) is 0 Å². The van der Waals surface area contributed by atoms with Crippen molar-refractivity contribution in [3.63, 3.8) is 0 Å². The fraction of sp³-hybridized carbons (Fsp3) is 0.867. The molecule has 0 atom stereocenters. The summed E-state index contributed by atoms with van der Waals surface area (Å²) < 4.78 is 0. The molecule has 1 aromatic carbocycles. The molecule has 0 saturated heterocycles. The van der Waals surface area contributed by atoms with Crippen molar-refractivity contribution in [2.45, 2.75) is 248 Å². The van der Waals surface area contributed by atoms with Crippen LogP contribution in [0, 0.1) is 0 Å². The van der Waals surface area contributed by atoms with Gasteiger partial charge in [-0.05, 0) is 60.6 Å². The normalized spacial score (nSPS) is 11.6. The molecule has 1 rings (SSSR count). The minimum absolute atomic E-state index is 1.22. The first-order valence-corrected chi connectivity index (χ1v) is 24.8. The number of aryl methyl sites for hydroxylation is 1. The molecule has 0 fully saturated rings. The minimum atomic E-state index is 1.22. The van der Waals surface area contributed by atoms with Crippen LogP contribution < -0.4 is 0 Å². The summed E-state index contributed by atoms with van der Waals surface area (Å²) in [6, 6.07) is 5.19. The molecule has 1 aromatic rings. The summed E-state index contributed by atoms with van der Waals surface area (Å²) >= 11 is 6.58. The standard InChI is InChI=1S/C45H84S3/c1-5-9-12-15-18-21-24-27-30-33-37-46-43-40-42(36-8-4)41-44(47-38-34-31-28-25-22-19-16-13-10-6-2)45(43)48-39-35-32-29-26-23-20-17-14-11-7-3/h40-41H,5-39H2,1-4H3. The predicted molar refractivity (Wildman–Crippen MR) is 228 cm³/mol. The van der Waals surface area contributed by atoms with Gasteiger partial charge in [-0.3, -0.25) is 0 Å². The third-order valence-corrected chi connectivity index (χ3v) is 13.6. The van der Waals surface area contributed by atoms with E-state index in [1.807, 2.05) is 0 Å². The second-order valence-corrected chi connectivity index (χ2v) is 18.1. The highest BCUT2D eigenvalue weighted by molar-refractivity contribution is 8.03. The van der Waals surface area contributed by atoms with Crippen molar-refractivity contribution < 1.29 is 0 Å². The average molecular weight is 721 g/mol. The molecule has 3 heteroatoms. The van der Waals surface area contributed by atoms with E-state index in [9.17, 15) is 0 Å². The van der Waals surface area contributed by atoms with Crippen LogP contribution in [0.1, 0.15) is 232 Å². The second kappa shape index (κ2) is 37.0. The minimum Gasteiger partial charge on any atom is -0.125 e. The smallest absolute Gasteiger partial charge is 0.0344 e. The third kappa shape index (κ3) is 27.9. The fourth-order valence-corrected chi connectivity index (χ4v) is 10.5. The van der Waals surface area contributed by atoms with Gasteiger partial charge >= 0.3 is 0 Å². The molecule has 0 radical (unpaired) electrons. The van der Waals surface area contributed by atoms with Crippen LogP contribution in [0.2, 0.25) is 0 Å². The summed E-state index contributed by atoms with van der Waals surface area (Å²) in [5.74, 6) is 3.88. The quantitative estimate of drug-likeness (QED) is 0.0493. The van der Waals surface area contributed by atoms with Crippen LogP contribution in [0.5, 0.6) is 0 Å². The highest BCUT2D eigenvalue weighted by Crippen LogP contribution is 2.41. The Morgan fingerprint density at radius 1 is 0.312 bits per heavy atom. The van der Waals surface area contributed by atoms with E-state index in [0.29, 0.717) is 0 Å². The van der Waals surface area contributed by atoms with Crippen LogP contribution in [-0.2, 0) is 6.42 Å². The first-order valence-electron chi connectivity index (χ1n) is 21.8. The predicted octanol–water partition coefficient (Wildman–Crippen LogP) is 17.7. The molecule has 282 valence electrons. The lowest BCUT2D eigenvalue weighted by Gasteiger charge is -2.17. The number of rotatable bonds is 38. The van der Waals surface area contributed by atoms with Gasteiger partial charge in [0, 0.05) is 14.7 Å². The monoisotopic (exact) mass is 721 g/mol. The van der Waals surface area contributed by atoms with Gasteiger partial charge in [-0.1, -0.05) is 207 Å². The van der Waals surface area contributed by atoms with E-state index < -0.39 is 0 Å². The van der Waals surface area contributed by atoms with Gasteiger partial charge in [0.2, 0.25) is 0 Å². The molecule has 0 aliphatic heterocycles. The van der Waals surface area contributed by atoms with Gasteiger partial charge in [-0.15, -0.1) is 35.3 Å². The lowest BCUT2D eigenvalue weighted by Crippen LogP contribution is -1.94.